The minimum Gasteiger partial charge on any atom is -0.392 e. The molecule has 6 nitrogen and oxygen atoms in total. The van der Waals surface area contributed by atoms with E-state index in [9.17, 15) is 14.7 Å². The van der Waals surface area contributed by atoms with Gasteiger partial charge in [0.25, 0.3) is 0 Å². The van der Waals surface area contributed by atoms with Crippen molar-refractivity contribution in [2.45, 2.75) is 31.9 Å². The molecule has 136 valence electrons. The van der Waals surface area contributed by atoms with Crippen molar-refractivity contribution in [3.63, 3.8) is 0 Å². The number of nitrogens with zero attached hydrogens (tertiary/aromatic N) is 3. The fraction of sp³-hybridized carbons (Fsp3) is 0.579. The summed E-state index contributed by atoms with van der Waals surface area (Å²) in [5, 5.41) is 9.75. The summed E-state index contributed by atoms with van der Waals surface area (Å²) < 4.78 is 0. The number of carbonyl (C=O) groups excluding carboxylic acids is 2. The van der Waals surface area contributed by atoms with Gasteiger partial charge in [-0.2, -0.15) is 0 Å². The second kappa shape index (κ2) is 7.97. The molecular weight excluding hydrogens is 318 g/mol. The standard InChI is InChI=1S/C19H27N3O3/c1-15(23)21-9-10-22(19(25)11-16-5-3-2-4-6-16)17(13-21)12-20-8-7-18(24)14-20/h2-6,17-18,24H,7-14H2,1H3/t17-,18-/m0/s1. The highest BCUT2D eigenvalue weighted by Crippen LogP contribution is 2.17. The summed E-state index contributed by atoms with van der Waals surface area (Å²) in [4.78, 5) is 30.6. The zero-order valence-corrected chi connectivity index (χ0v) is 14.8. The van der Waals surface area contributed by atoms with Crippen molar-refractivity contribution >= 4 is 11.8 Å². The van der Waals surface area contributed by atoms with Crippen LogP contribution in [0, 0.1) is 0 Å². The Hall–Kier alpha value is -1.92. The maximum atomic E-state index is 12.8. The third-order valence-corrected chi connectivity index (χ3v) is 5.16. The Labute approximate surface area is 149 Å². The van der Waals surface area contributed by atoms with Gasteiger partial charge >= 0.3 is 0 Å². The normalized spacial score (nSPS) is 24.6. The number of amides is 2. The van der Waals surface area contributed by atoms with Crippen LogP contribution in [0.3, 0.4) is 0 Å². The zero-order chi connectivity index (χ0) is 17.8. The minimum absolute atomic E-state index is 0.0147. The molecule has 0 spiro atoms. The summed E-state index contributed by atoms with van der Waals surface area (Å²) in [6, 6.07) is 9.75. The molecule has 2 aliphatic heterocycles. The number of likely N-dealkylation sites (tertiary alicyclic amines) is 1. The van der Waals surface area contributed by atoms with Crippen molar-refractivity contribution in [1.29, 1.82) is 0 Å². The van der Waals surface area contributed by atoms with Gasteiger partial charge in [0.1, 0.15) is 0 Å². The van der Waals surface area contributed by atoms with Crippen molar-refractivity contribution in [2.75, 3.05) is 39.3 Å². The van der Waals surface area contributed by atoms with E-state index in [-0.39, 0.29) is 24.0 Å². The maximum absolute atomic E-state index is 12.8. The number of hydrogen-bond acceptors (Lipinski definition) is 4. The Kier molecular flexibility index (Phi) is 5.71. The van der Waals surface area contributed by atoms with Crippen molar-refractivity contribution in [1.82, 2.24) is 14.7 Å². The van der Waals surface area contributed by atoms with Crippen molar-refractivity contribution in [3.8, 4) is 0 Å². The first kappa shape index (κ1) is 17.9. The fourth-order valence-corrected chi connectivity index (χ4v) is 3.77. The van der Waals surface area contributed by atoms with Crippen LogP contribution in [-0.4, -0.2) is 83.0 Å². The lowest BCUT2D eigenvalue weighted by molar-refractivity contribution is -0.142. The first-order valence-electron chi connectivity index (χ1n) is 9.02. The van der Waals surface area contributed by atoms with E-state index < -0.39 is 0 Å². The molecule has 1 aromatic carbocycles. The number of aliphatic hydroxyl groups is 1. The van der Waals surface area contributed by atoms with Crippen LogP contribution >= 0.6 is 0 Å². The molecule has 2 atom stereocenters. The molecular formula is C19H27N3O3. The molecule has 2 aliphatic rings. The summed E-state index contributed by atoms with van der Waals surface area (Å²) in [6.07, 6.45) is 0.891. The monoisotopic (exact) mass is 345 g/mol. The topological polar surface area (TPSA) is 64.1 Å². The van der Waals surface area contributed by atoms with Crippen LogP contribution in [-0.2, 0) is 16.0 Å². The van der Waals surface area contributed by atoms with Gasteiger partial charge in [-0.1, -0.05) is 30.3 Å². The predicted octanol–water partition coefficient (Wildman–Crippen LogP) is 0.355. The smallest absolute Gasteiger partial charge is 0.227 e. The Morgan fingerprint density at radius 3 is 2.52 bits per heavy atom. The molecule has 25 heavy (non-hydrogen) atoms. The SMILES string of the molecule is CC(=O)N1CCN(C(=O)Cc2ccccc2)[C@@H](CN2CC[C@H](O)C2)C1. The lowest BCUT2D eigenvalue weighted by Crippen LogP contribution is -2.59. The summed E-state index contributed by atoms with van der Waals surface area (Å²) in [7, 11) is 0. The third kappa shape index (κ3) is 4.58. The van der Waals surface area contributed by atoms with E-state index in [1.165, 1.54) is 0 Å². The minimum atomic E-state index is -0.277. The molecule has 1 aromatic rings. The van der Waals surface area contributed by atoms with Gasteiger partial charge in [0.15, 0.2) is 0 Å². The average molecular weight is 345 g/mol. The second-order valence-corrected chi connectivity index (χ2v) is 7.07. The fourth-order valence-electron chi connectivity index (χ4n) is 3.77. The van der Waals surface area contributed by atoms with Crippen LogP contribution in [0.4, 0.5) is 0 Å². The molecule has 3 rings (SSSR count). The summed E-state index contributed by atoms with van der Waals surface area (Å²) in [6.45, 7) is 5.53. The average Bonchev–Trinajstić information content (AvgIpc) is 3.00. The van der Waals surface area contributed by atoms with Gasteiger partial charge in [0, 0.05) is 46.2 Å². The molecule has 2 fully saturated rings. The van der Waals surface area contributed by atoms with E-state index in [4.69, 9.17) is 0 Å². The zero-order valence-electron chi connectivity index (χ0n) is 14.8. The second-order valence-electron chi connectivity index (χ2n) is 7.07. The number of piperazine rings is 1. The van der Waals surface area contributed by atoms with Gasteiger partial charge < -0.3 is 14.9 Å². The Morgan fingerprint density at radius 2 is 1.88 bits per heavy atom. The van der Waals surface area contributed by atoms with Gasteiger partial charge in [-0.05, 0) is 12.0 Å². The molecule has 0 bridgehead atoms. The number of benzene rings is 1. The molecule has 0 unspecified atom stereocenters. The Morgan fingerprint density at radius 1 is 1.12 bits per heavy atom. The summed E-state index contributed by atoms with van der Waals surface area (Å²) in [5.74, 6) is 0.167. The van der Waals surface area contributed by atoms with Gasteiger partial charge in [-0.15, -0.1) is 0 Å². The first-order valence-corrected chi connectivity index (χ1v) is 9.02. The van der Waals surface area contributed by atoms with Crippen molar-refractivity contribution in [2.24, 2.45) is 0 Å². The van der Waals surface area contributed by atoms with Crippen LogP contribution in [0.25, 0.3) is 0 Å². The molecule has 0 radical (unpaired) electrons. The Balaban J connectivity index is 1.68. The summed E-state index contributed by atoms with van der Waals surface area (Å²) >= 11 is 0. The molecule has 2 heterocycles. The lowest BCUT2D eigenvalue weighted by Gasteiger charge is -2.42. The Bertz CT molecular complexity index is 607. The van der Waals surface area contributed by atoms with E-state index in [2.05, 4.69) is 4.90 Å². The van der Waals surface area contributed by atoms with Gasteiger partial charge in [0.2, 0.25) is 11.8 Å². The van der Waals surface area contributed by atoms with Gasteiger partial charge in [-0.25, -0.2) is 0 Å². The number of rotatable bonds is 4. The lowest BCUT2D eigenvalue weighted by atomic mass is 10.1. The molecule has 0 aliphatic carbocycles. The third-order valence-electron chi connectivity index (χ3n) is 5.16. The van der Waals surface area contributed by atoms with Crippen LogP contribution < -0.4 is 0 Å². The predicted molar refractivity (Wildman–Crippen MR) is 95.0 cm³/mol. The highest BCUT2D eigenvalue weighted by Gasteiger charge is 2.34. The number of β-amino-alcohol motifs (C(OH)–C–C–N with tert-alkyl or cyclic N) is 1. The highest BCUT2D eigenvalue weighted by atomic mass is 16.3. The summed E-state index contributed by atoms with van der Waals surface area (Å²) in [5.41, 5.74) is 1.01. The molecule has 6 heteroatoms. The van der Waals surface area contributed by atoms with E-state index in [1.54, 1.807) is 6.92 Å². The number of aliphatic hydroxyl groups excluding tert-OH is 1. The first-order chi connectivity index (χ1) is 12.0. The molecule has 0 aromatic heterocycles. The molecule has 1 N–H and O–H groups in total. The molecule has 2 saturated heterocycles. The van der Waals surface area contributed by atoms with Crippen LogP contribution in [0.2, 0.25) is 0 Å². The van der Waals surface area contributed by atoms with Gasteiger partial charge in [-0.3, -0.25) is 14.5 Å². The molecule has 0 saturated carbocycles. The largest absolute Gasteiger partial charge is 0.392 e. The van der Waals surface area contributed by atoms with E-state index in [0.717, 1.165) is 18.5 Å². The maximum Gasteiger partial charge on any atom is 0.227 e. The van der Waals surface area contributed by atoms with Crippen LogP contribution in [0.15, 0.2) is 30.3 Å². The van der Waals surface area contributed by atoms with Crippen LogP contribution in [0.5, 0.6) is 0 Å². The van der Waals surface area contributed by atoms with E-state index >= 15 is 0 Å². The van der Waals surface area contributed by atoms with E-state index in [1.807, 2.05) is 40.1 Å². The van der Waals surface area contributed by atoms with Crippen molar-refractivity contribution in [3.05, 3.63) is 35.9 Å². The number of hydrogen-bond donors (Lipinski definition) is 1. The van der Waals surface area contributed by atoms with Crippen molar-refractivity contribution < 1.29 is 14.7 Å². The quantitative estimate of drug-likeness (QED) is 0.856. The van der Waals surface area contributed by atoms with Gasteiger partial charge in [0.05, 0.1) is 18.6 Å². The highest BCUT2D eigenvalue weighted by molar-refractivity contribution is 5.80. The van der Waals surface area contributed by atoms with E-state index in [0.29, 0.717) is 39.1 Å². The van der Waals surface area contributed by atoms with Crippen LogP contribution in [0.1, 0.15) is 18.9 Å². The number of carbonyl (C=O) groups is 2. The molecule has 2 amide bonds.